The van der Waals surface area contributed by atoms with E-state index in [4.69, 9.17) is 6.42 Å². The minimum Gasteiger partial charge on any atom is -0.508 e. The molecule has 1 aromatic heterocycles. The second-order valence-electron chi connectivity index (χ2n) is 3.75. The van der Waals surface area contributed by atoms with E-state index in [0.29, 0.717) is 0 Å². The van der Waals surface area contributed by atoms with Crippen molar-refractivity contribution in [1.29, 1.82) is 0 Å². The van der Waals surface area contributed by atoms with Crippen molar-refractivity contribution in [3.8, 4) is 18.1 Å². The molecule has 2 aromatic rings. The highest BCUT2D eigenvalue weighted by Crippen LogP contribution is 2.24. The van der Waals surface area contributed by atoms with Gasteiger partial charge in [0.1, 0.15) is 11.6 Å². The number of anilines is 1. The first-order chi connectivity index (χ1) is 8.81. The Hall–Kier alpha value is -1.86. The number of thioether (sulfide) groups is 1. The van der Waals surface area contributed by atoms with E-state index in [0.717, 1.165) is 34.6 Å². The van der Waals surface area contributed by atoms with Gasteiger partial charge in [0.05, 0.1) is 5.75 Å². The molecule has 1 aromatic carbocycles. The van der Waals surface area contributed by atoms with Crippen molar-refractivity contribution in [3.63, 3.8) is 0 Å². The van der Waals surface area contributed by atoms with Crippen molar-refractivity contribution >= 4 is 28.4 Å². The molecule has 0 radical (unpaired) electrons. The third-order valence-corrected chi connectivity index (χ3v) is 3.34. The molecule has 0 atom stereocenters. The molecule has 0 fully saturated rings. The fourth-order valence-corrected chi connectivity index (χ4v) is 2.18. The fourth-order valence-electron chi connectivity index (χ4n) is 1.67. The van der Waals surface area contributed by atoms with Crippen LogP contribution in [0.1, 0.15) is 0 Å². The van der Waals surface area contributed by atoms with Gasteiger partial charge in [-0.1, -0.05) is 12.0 Å². The Kier molecular flexibility index (Phi) is 4.32. The number of aromatic hydroxyl groups is 1. The third kappa shape index (κ3) is 3.08. The summed E-state index contributed by atoms with van der Waals surface area (Å²) in [7, 11) is 0. The van der Waals surface area contributed by atoms with E-state index in [1.54, 1.807) is 30.1 Å². The molecule has 0 aliphatic heterocycles. The third-order valence-electron chi connectivity index (χ3n) is 2.47. The molecule has 4 heteroatoms. The summed E-state index contributed by atoms with van der Waals surface area (Å²) >= 11 is 1.71. The van der Waals surface area contributed by atoms with Crippen LogP contribution < -0.4 is 5.32 Å². The molecule has 0 saturated carbocycles. The lowest BCUT2D eigenvalue weighted by molar-refractivity contribution is 0.476. The summed E-state index contributed by atoms with van der Waals surface area (Å²) in [5.74, 6) is 5.30. The Morgan fingerprint density at radius 2 is 2.28 bits per heavy atom. The molecule has 0 unspecified atom stereocenters. The summed E-state index contributed by atoms with van der Waals surface area (Å²) in [5.41, 5.74) is 0. The number of phenolic OH excluding ortho intramolecular Hbond substituents is 1. The number of aromatic nitrogens is 1. The van der Waals surface area contributed by atoms with Crippen molar-refractivity contribution in [3.05, 3.63) is 30.5 Å². The first-order valence-corrected chi connectivity index (χ1v) is 6.79. The van der Waals surface area contributed by atoms with Crippen LogP contribution in [-0.4, -0.2) is 28.1 Å². The van der Waals surface area contributed by atoms with E-state index in [2.05, 4.69) is 16.2 Å². The van der Waals surface area contributed by atoms with Crippen LogP contribution in [0.2, 0.25) is 0 Å². The van der Waals surface area contributed by atoms with Crippen LogP contribution in [0, 0.1) is 12.3 Å². The summed E-state index contributed by atoms with van der Waals surface area (Å²) in [6.07, 6.45) is 6.94. The highest BCUT2D eigenvalue weighted by Gasteiger charge is 2.02. The van der Waals surface area contributed by atoms with Gasteiger partial charge in [0, 0.05) is 23.9 Å². The molecule has 0 amide bonds. The molecule has 2 rings (SSSR count). The van der Waals surface area contributed by atoms with Crippen LogP contribution in [0.5, 0.6) is 5.75 Å². The topological polar surface area (TPSA) is 45.2 Å². The zero-order chi connectivity index (χ0) is 12.8. The maximum Gasteiger partial charge on any atom is 0.133 e. The van der Waals surface area contributed by atoms with E-state index < -0.39 is 0 Å². The van der Waals surface area contributed by atoms with Gasteiger partial charge in [0.25, 0.3) is 0 Å². The van der Waals surface area contributed by atoms with Crippen molar-refractivity contribution in [2.45, 2.75) is 0 Å². The van der Waals surface area contributed by atoms with Crippen LogP contribution in [0.15, 0.2) is 30.5 Å². The van der Waals surface area contributed by atoms with Gasteiger partial charge in [0.15, 0.2) is 0 Å². The minimum atomic E-state index is 0.250. The summed E-state index contributed by atoms with van der Waals surface area (Å²) in [6, 6.07) is 7.20. The number of benzene rings is 1. The van der Waals surface area contributed by atoms with Gasteiger partial charge in [0.2, 0.25) is 0 Å². The maximum absolute atomic E-state index is 9.51. The molecular weight excluding hydrogens is 244 g/mol. The van der Waals surface area contributed by atoms with Crippen LogP contribution in [0.3, 0.4) is 0 Å². The van der Waals surface area contributed by atoms with E-state index >= 15 is 0 Å². The van der Waals surface area contributed by atoms with Crippen molar-refractivity contribution in [1.82, 2.24) is 4.98 Å². The zero-order valence-electron chi connectivity index (χ0n) is 9.89. The number of pyridine rings is 1. The largest absolute Gasteiger partial charge is 0.508 e. The van der Waals surface area contributed by atoms with E-state index in [1.807, 2.05) is 12.1 Å². The Balaban J connectivity index is 2.08. The van der Waals surface area contributed by atoms with Gasteiger partial charge in [-0.2, -0.15) is 0 Å². The molecule has 3 nitrogen and oxygen atoms in total. The molecule has 18 heavy (non-hydrogen) atoms. The van der Waals surface area contributed by atoms with Crippen LogP contribution in [0.4, 0.5) is 5.82 Å². The summed E-state index contributed by atoms with van der Waals surface area (Å²) < 4.78 is 0. The van der Waals surface area contributed by atoms with Gasteiger partial charge in [-0.3, -0.25) is 0 Å². The highest BCUT2D eigenvalue weighted by atomic mass is 32.2. The Morgan fingerprint density at radius 1 is 1.39 bits per heavy atom. The lowest BCUT2D eigenvalue weighted by Crippen LogP contribution is -2.06. The highest BCUT2D eigenvalue weighted by molar-refractivity contribution is 7.99. The lowest BCUT2D eigenvalue weighted by atomic mass is 10.1. The Bertz CT molecular complexity index is 578. The molecule has 0 spiro atoms. The second kappa shape index (κ2) is 6.18. The summed E-state index contributed by atoms with van der Waals surface area (Å²) in [5, 5.41) is 14.8. The van der Waals surface area contributed by atoms with E-state index in [1.165, 1.54) is 0 Å². The fraction of sp³-hybridized carbons (Fsp3) is 0.214. The number of hydrogen-bond donors (Lipinski definition) is 2. The first kappa shape index (κ1) is 12.6. The number of hydrogen-bond acceptors (Lipinski definition) is 4. The second-order valence-corrected chi connectivity index (χ2v) is 4.85. The minimum absolute atomic E-state index is 0.250. The molecule has 1 heterocycles. The van der Waals surface area contributed by atoms with Gasteiger partial charge in [-0.15, -0.1) is 18.2 Å². The number of terminal acetylenes is 1. The van der Waals surface area contributed by atoms with Crippen LogP contribution in [0.25, 0.3) is 10.8 Å². The Labute approximate surface area is 111 Å². The van der Waals surface area contributed by atoms with Crippen molar-refractivity contribution in [2.75, 3.05) is 23.4 Å². The van der Waals surface area contributed by atoms with Crippen LogP contribution in [-0.2, 0) is 0 Å². The first-order valence-electron chi connectivity index (χ1n) is 5.64. The number of nitrogens with one attached hydrogen (secondary N) is 1. The van der Waals surface area contributed by atoms with Crippen LogP contribution >= 0.6 is 11.8 Å². The molecule has 92 valence electrons. The molecule has 2 N–H and O–H groups in total. The molecule has 0 aliphatic rings. The number of nitrogens with zero attached hydrogens (tertiary/aromatic N) is 1. The average molecular weight is 258 g/mol. The van der Waals surface area contributed by atoms with E-state index in [-0.39, 0.29) is 5.75 Å². The SMILES string of the molecule is C#CCSCCNc1nccc2ccc(O)cc12. The van der Waals surface area contributed by atoms with Crippen molar-refractivity contribution in [2.24, 2.45) is 0 Å². The van der Waals surface area contributed by atoms with Gasteiger partial charge < -0.3 is 10.4 Å². The maximum atomic E-state index is 9.51. The lowest BCUT2D eigenvalue weighted by Gasteiger charge is -2.08. The standard InChI is InChI=1S/C14H14N2OS/c1-2-8-18-9-7-16-14-13-10-12(17)4-3-11(13)5-6-15-14/h1,3-6,10,17H,7-9H2,(H,15,16). The molecule has 0 bridgehead atoms. The van der Waals surface area contributed by atoms with Gasteiger partial charge in [-0.25, -0.2) is 4.98 Å². The molecular formula is C14H14N2OS. The average Bonchev–Trinajstić information content (AvgIpc) is 2.39. The Morgan fingerprint density at radius 3 is 3.11 bits per heavy atom. The predicted molar refractivity (Wildman–Crippen MR) is 78.1 cm³/mol. The number of phenols is 1. The monoisotopic (exact) mass is 258 g/mol. The number of fused-ring (bicyclic) bond motifs is 1. The molecule has 0 aliphatic carbocycles. The quantitative estimate of drug-likeness (QED) is 0.639. The predicted octanol–water partition coefficient (Wildman–Crippen LogP) is 2.72. The van der Waals surface area contributed by atoms with Gasteiger partial charge >= 0.3 is 0 Å². The van der Waals surface area contributed by atoms with Gasteiger partial charge in [-0.05, 0) is 23.6 Å². The summed E-state index contributed by atoms with van der Waals surface area (Å²) in [6.45, 7) is 0.800. The number of rotatable bonds is 5. The zero-order valence-corrected chi connectivity index (χ0v) is 10.7. The smallest absolute Gasteiger partial charge is 0.133 e. The molecule has 0 saturated heterocycles. The van der Waals surface area contributed by atoms with E-state index in [9.17, 15) is 5.11 Å². The summed E-state index contributed by atoms with van der Waals surface area (Å²) in [4.78, 5) is 4.29. The normalized spacial score (nSPS) is 10.2. The van der Waals surface area contributed by atoms with Crippen molar-refractivity contribution < 1.29 is 5.11 Å².